The quantitative estimate of drug-likeness (QED) is 0.642. The van der Waals surface area contributed by atoms with E-state index >= 15 is 0 Å². The van der Waals surface area contributed by atoms with Crippen LogP contribution in [0.4, 0.5) is 5.82 Å². The van der Waals surface area contributed by atoms with Crippen molar-refractivity contribution in [1.29, 1.82) is 0 Å². The first-order chi connectivity index (χ1) is 8.87. The Kier molecular flexibility index (Phi) is 3.81. The Morgan fingerprint density at radius 1 is 1.53 bits per heavy atom. The van der Waals surface area contributed by atoms with E-state index in [1.54, 1.807) is 13.1 Å². The van der Waals surface area contributed by atoms with E-state index in [0.29, 0.717) is 23.6 Å². The van der Waals surface area contributed by atoms with Crippen molar-refractivity contribution in [3.63, 3.8) is 0 Å². The van der Waals surface area contributed by atoms with Gasteiger partial charge in [-0.05, 0) is 6.92 Å². The van der Waals surface area contributed by atoms with Gasteiger partial charge in [0.05, 0.1) is 12.3 Å². The smallest absolute Gasteiger partial charge is 0.350 e. The fourth-order valence-electron chi connectivity index (χ4n) is 1.57. The summed E-state index contributed by atoms with van der Waals surface area (Å²) in [5.41, 5.74) is 6.25. The van der Waals surface area contributed by atoms with Crippen LogP contribution in [0.3, 0.4) is 0 Å². The van der Waals surface area contributed by atoms with Crippen LogP contribution < -0.4 is 5.73 Å². The number of ether oxygens (including phenoxy) is 1. The first-order valence-corrected chi connectivity index (χ1v) is 7.26. The molecule has 1 atom stereocenters. The molecule has 1 unspecified atom stereocenters. The van der Waals surface area contributed by atoms with Gasteiger partial charge in [-0.15, -0.1) is 0 Å². The van der Waals surface area contributed by atoms with Crippen molar-refractivity contribution in [3.05, 3.63) is 18.3 Å². The highest BCUT2D eigenvalue weighted by molar-refractivity contribution is 7.51. The van der Waals surface area contributed by atoms with Crippen molar-refractivity contribution in [2.24, 2.45) is 0 Å². The van der Waals surface area contributed by atoms with Crippen LogP contribution in [0.15, 0.2) is 12.5 Å². The molecule has 0 aliphatic carbocycles. The van der Waals surface area contributed by atoms with Gasteiger partial charge in [0.1, 0.15) is 24.0 Å². The van der Waals surface area contributed by atoms with Crippen molar-refractivity contribution in [2.45, 2.75) is 19.4 Å². The molecule has 9 nitrogen and oxygen atoms in total. The van der Waals surface area contributed by atoms with Gasteiger partial charge < -0.3 is 20.3 Å². The monoisotopic (exact) mass is 287 g/mol. The third-order valence-corrected chi connectivity index (χ3v) is 2.92. The summed E-state index contributed by atoms with van der Waals surface area (Å²) in [5, 5.41) is 4.02. The van der Waals surface area contributed by atoms with E-state index in [1.807, 2.05) is 0 Å². The summed E-state index contributed by atoms with van der Waals surface area (Å²) < 4.78 is 17.3. The van der Waals surface area contributed by atoms with E-state index in [0.717, 1.165) is 0 Å². The lowest BCUT2D eigenvalue weighted by molar-refractivity contribution is 0.0869. The fraction of sp³-hybridized carbons (Fsp3) is 0.444. The molecule has 0 bridgehead atoms. The Balaban J connectivity index is 2.09. The minimum absolute atomic E-state index is 0.317. The van der Waals surface area contributed by atoms with Crippen LogP contribution >= 0.6 is 7.60 Å². The number of rotatable bonds is 5. The van der Waals surface area contributed by atoms with Crippen LogP contribution in [0.25, 0.3) is 5.52 Å². The summed E-state index contributed by atoms with van der Waals surface area (Å²) in [7, 11) is -4.16. The minimum atomic E-state index is -4.16. The zero-order valence-corrected chi connectivity index (χ0v) is 11.1. The number of hydrogen-bond donors (Lipinski definition) is 3. The number of nitrogens with zero attached hydrogens (tertiary/aromatic N) is 4. The molecule has 10 heteroatoms. The molecule has 0 aliphatic rings. The van der Waals surface area contributed by atoms with Crippen molar-refractivity contribution < 1.29 is 19.1 Å². The minimum Gasteiger partial charge on any atom is -0.382 e. The van der Waals surface area contributed by atoms with Gasteiger partial charge in [-0.25, -0.2) is 14.5 Å². The number of hydrogen-bond acceptors (Lipinski definition) is 6. The maximum absolute atomic E-state index is 10.7. The second-order valence-corrected chi connectivity index (χ2v) is 5.68. The van der Waals surface area contributed by atoms with Gasteiger partial charge in [0.25, 0.3) is 0 Å². The Bertz CT molecular complexity index is 624. The van der Waals surface area contributed by atoms with Crippen molar-refractivity contribution in [3.8, 4) is 0 Å². The SMILES string of the molecule is CC(Cc1ncc2c(N)ncnn12)OCP(=O)(O)O. The summed E-state index contributed by atoms with van der Waals surface area (Å²) in [6.07, 6.45) is 2.18. The predicted octanol–water partition coefficient (Wildman–Crippen LogP) is -0.211. The third-order valence-electron chi connectivity index (χ3n) is 2.43. The summed E-state index contributed by atoms with van der Waals surface area (Å²) in [6, 6.07) is 0. The molecule has 0 saturated carbocycles. The number of nitrogen functional groups attached to an aromatic ring is 1. The molecule has 0 aromatic carbocycles. The molecule has 0 aliphatic heterocycles. The van der Waals surface area contributed by atoms with Gasteiger partial charge >= 0.3 is 7.60 Å². The molecule has 0 fully saturated rings. The summed E-state index contributed by atoms with van der Waals surface area (Å²) in [5.74, 6) is 0.903. The molecule has 2 heterocycles. The predicted molar refractivity (Wildman–Crippen MR) is 66.4 cm³/mol. The standard InChI is InChI=1S/C9H14N5O4P/c1-6(18-5-19(15,16)17)2-8-11-3-7-9(10)12-4-13-14(7)8/h3-4,6H,2,5H2,1H3,(H2,10,12,13)(H2,15,16,17). The largest absolute Gasteiger partial charge is 0.382 e. The van der Waals surface area contributed by atoms with E-state index in [-0.39, 0.29) is 0 Å². The molecule has 2 aromatic heterocycles. The van der Waals surface area contributed by atoms with Crippen molar-refractivity contribution in [1.82, 2.24) is 19.6 Å². The van der Waals surface area contributed by atoms with Crippen molar-refractivity contribution in [2.75, 3.05) is 12.1 Å². The normalized spacial score (nSPS) is 13.8. The molecule has 19 heavy (non-hydrogen) atoms. The molecule has 0 saturated heterocycles. The lowest BCUT2D eigenvalue weighted by atomic mass is 10.3. The Hall–Kier alpha value is -1.54. The van der Waals surface area contributed by atoms with Gasteiger partial charge in [0, 0.05) is 6.42 Å². The van der Waals surface area contributed by atoms with E-state index in [4.69, 9.17) is 20.3 Å². The molecular formula is C9H14N5O4P. The number of anilines is 1. The average Bonchev–Trinajstić information content (AvgIpc) is 2.71. The summed E-state index contributed by atoms with van der Waals surface area (Å²) >= 11 is 0. The Labute approximate surface area is 108 Å². The van der Waals surface area contributed by atoms with E-state index in [9.17, 15) is 4.57 Å². The molecule has 0 spiro atoms. The topological polar surface area (TPSA) is 136 Å². The highest BCUT2D eigenvalue weighted by atomic mass is 31.2. The third kappa shape index (κ3) is 3.48. The van der Waals surface area contributed by atoms with Crippen LogP contribution in [0.2, 0.25) is 0 Å². The van der Waals surface area contributed by atoms with E-state index in [1.165, 1.54) is 10.8 Å². The molecular weight excluding hydrogens is 273 g/mol. The van der Waals surface area contributed by atoms with Crippen LogP contribution in [0.1, 0.15) is 12.7 Å². The van der Waals surface area contributed by atoms with Gasteiger partial charge in [-0.3, -0.25) is 4.57 Å². The number of aromatic nitrogens is 4. The van der Waals surface area contributed by atoms with Crippen LogP contribution in [-0.4, -0.2) is 41.8 Å². The molecule has 0 radical (unpaired) electrons. The first-order valence-electron chi connectivity index (χ1n) is 5.46. The number of nitrogens with two attached hydrogens (primary N) is 1. The van der Waals surface area contributed by atoms with Gasteiger partial charge in [0.15, 0.2) is 5.82 Å². The van der Waals surface area contributed by atoms with Gasteiger partial charge in [-0.1, -0.05) is 0 Å². The average molecular weight is 287 g/mol. The highest BCUT2D eigenvalue weighted by Crippen LogP contribution is 2.34. The van der Waals surface area contributed by atoms with Crippen LogP contribution in [-0.2, 0) is 15.7 Å². The molecule has 0 amide bonds. The molecule has 2 rings (SSSR count). The van der Waals surface area contributed by atoms with Gasteiger partial charge in [0.2, 0.25) is 0 Å². The summed E-state index contributed by atoms with van der Waals surface area (Å²) in [6.45, 7) is 1.70. The lowest BCUT2D eigenvalue weighted by Crippen LogP contribution is -2.15. The second kappa shape index (κ2) is 5.22. The fourth-order valence-corrected chi connectivity index (χ4v) is 2.02. The Morgan fingerprint density at radius 3 is 2.95 bits per heavy atom. The van der Waals surface area contributed by atoms with Crippen molar-refractivity contribution >= 4 is 18.9 Å². The van der Waals surface area contributed by atoms with E-state index < -0.39 is 20.0 Å². The number of fused-ring (bicyclic) bond motifs is 1. The van der Waals surface area contributed by atoms with Crippen LogP contribution in [0, 0.1) is 0 Å². The lowest BCUT2D eigenvalue weighted by Gasteiger charge is -2.12. The van der Waals surface area contributed by atoms with Gasteiger partial charge in [-0.2, -0.15) is 5.10 Å². The molecule has 104 valence electrons. The highest BCUT2D eigenvalue weighted by Gasteiger charge is 2.17. The maximum Gasteiger partial charge on any atom is 0.350 e. The molecule has 4 N–H and O–H groups in total. The zero-order chi connectivity index (χ0) is 14.0. The van der Waals surface area contributed by atoms with Crippen LogP contribution in [0.5, 0.6) is 0 Å². The second-order valence-electron chi connectivity index (χ2n) is 4.09. The zero-order valence-electron chi connectivity index (χ0n) is 10.2. The van der Waals surface area contributed by atoms with E-state index in [2.05, 4.69) is 15.1 Å². The first kappa shape index (κ1) is 13.9. The Morgan fingerprint density at radius 2 is 2.26 bits per heavy atom. The summed E-state index contributed by atoms with van der Waals surface area (Å²) in [4.78, 5) is 25.4. The molecule has 2 aromatic rings. The maximum atomic E-state index is 10.7. The number of imidazole rings is 1.